The number of benzene rings is 2. The van der Waals surface area contributed by atoms with E-state index in [0.717, 1.165) is 75.8 Å². The summed E-state index contributed by atoms with van der Waals surface area (Å²) >= 11 is 12.4. The van der Waals surface area contributed by atoms with E-state index in [4.69, 9.17) is 42.3 Å². The zero-order valence-electron chi connectivity index (χ0n) is 22.3. The minimum atomic E-state index is -0.458. The second kappa shape index (κ2) is 14.3. The highest BCUT2D eigenvalue weighted by Crippen LogP contribution is 2.30. The Morgan fingerprint density at radius 2 is 1.69 bits per heavy atom. The van der Waals surface area contributed by atoms with Crippen molar-refractivity contribution < 1.29 is 23.8 Å². The number of amides is 1. The highest BCUT2D eigenvalue weighted by Gasteiger charge is 2.35. The number of carbonyl (C=O) groups is 1. The molecule has 3 saturated heterocycles. The minimum Gasteiger partial charge on any atom is -0.353 e. The van der Waals surface area contributed by atoms with Crippen molar-refractivity contribution in [3.8, 4) is 0 Å². The van der Waals surface area contributed by atoms with Gasteiger partial charge in [-0.1, -0.05) is 59.6 Å². The lowest BCUT2D eigenvalue weighted by atomic mass is 10.0. The van der Waals surface area contributed by atoms with Crippen LogP contribution in [0.1, 0.15) is 62.1 Å². The number of hydroxylamine groups is 2. The molecule has 0 spiro atoms. The van der Waals surface area contributed by atoms with Crippen molar-refractivity contribution in [2.24, 2.45) is 0 Å². The van der Waals surface area contributed by atoms with Gasteiger partial charge in [0.1, 0.15) is 0 Å². The predicted octanol–water partition coefficient (Wildman–Crippen LogP) is 6.18. The van der Waals surface area contributed by atoms with Gasteiger partial charge < -0.3 is 14.2 Å². The lowest BCUT2D eigenvalue weighted by Crippen LogP contribution is -2.45. The third kappa shape index (κ3) is 8.17. The van der Waals surface area contributed by atoms with Crippen LogP contribution in [0.15, 0.2) is 48.5 Å². The first kappa shape index (κ1) is 28.8. The molecular weight excluding hydrogens is 539 g/mol. The fourth-order valence-electron chi connectivity index (χ4n) is 5.47. The Morgan fingerprint density at radius 1 is 0.949 bits per heavy atom. The summed E-state index contributed by atoms with van der Waals surface area (Å²) in [5.74, 6) is -0.154. The molecule has 2 aromatic rings. The van der Waals surface area contributed by atoms with Gasteiger partial charge in [0.25, 0.3) is 5.91 Å². The van der Waals surface area contributed by atoms with Crippen molar-refractivity contribution in [2.75, 3.05) is 32.8 Å². The van der Waals surface area contributed by atoms with Gasteiger partial charge in [-0.3, -0.25) is 9.69 Å². The summed E-state index contributed by atoms with van der Waals surface area (Å²) in [7, 11) is 0. The fraction of sp³-hybridized carbons (Fsp3) is 0.567. The molecule has 3 heterocycles. The molecule has 1 amide bonds. The predicted molar refractivity (Wildman–Crippen MR) is 150 cm³/mol. The summed E-state index contributed by atoms with van der Waals surface area (Å²) < 4.78 is 18.0. The van der Waals surface area contributed by atoms with Crippen LogP contribution >= 0.6 is 23.2 Å². The number of rotatable bonds is 10. The second-order valence-electron chi connectivity index (χ2n) is 10.6. The van der Waals surface area contributed by atoms with Crippen molar-refractivity contribution in [3.05, 3.63) is 69.7 Å². The SMILES string of the molecule is O=C(Cc1ccc(Cl)c(Cl)c1)N(OC1CCCCO1)[C@H](CN1CC[C@H](OC2CCCCO2)C1)c1ccccc1. The maximum absolute atomic E-state index is 13.9. The number of carbonyl (C=O) groups excluding carboxylic acids is 1. The molecule has 2 aromatic carbocycles. The van der Waals surface area contributed by atoms with Crippen LogP contribution in [-0.4, -0.2) is 67.4 Å². The topological polar surface area (TPSA) is 60.5 Å². The smallest absolute Gasteiger partial charge is 0.251 e. The molecule has 212 valence electrons. The molecule has 39 heavy (non-hydrogen) atoms. The highest BCUT2D eigenvalue weighted by atomic mass is 35.5. The first-order chi connectivity index (χ1) is 19.0. The average molecular weight is 578 g/mol. The third-order valence-electron chi connectivity index (χ3n) is 7.56. The van der Waals surface area contributed by atoms with Gasteiger partial charge in [0.05, 0.1) is 28.6 Å². The molecule has 5 rings (SSSR count). The Bertz CT molecular complexity index is 1060. The Balaban J connectivity index is 1.34. The highest BCUT2D eigenvalue weighted by molar-refractivity contribution is 6.42. The van der Waals surface area contributed by atoms with Crippen LogP contribution < -0.4 is 0 Å². The molecule has 0 aromatic heterocycles. The zero-order valence-corrected chi connectivity index (χ0v) is 23.8. The van der Waals surface area contributed by atoms with Gasteiger partial charge >= 0.3 is 0 Å². The van der Waals surface area contributed by atoms with E-state index in [1.807, 2.05) is 24.3 Å². The van der Waals surface area contributed by atoms with Crippen LogP contribution in [0, 0.1) is 0 Å². The fourth-order valence-corrected chi connectivity index (χ4v) is 5.79. The number of likely N-dealkylation sites (tertiary alicyclic amines) is 1. The summed E-state index contributed by atoms with van der Waals surface area (Å²) in [6, 6.07) is 15.0. The maximum Gasteiger partial charge on any atom is 0.251 e. The van der Waals surface area contributed by atoms with Gasteiger partial charge in [0, 0.05) is 39.3 Å². The van der Waals surface area contributed by atoms with E-state index >= 15 is 0 Å². The molecule has 7 nitrogen and oxygen atoms in total. The van der Waals surface area contributed by atoms with Crippen LogP contribution in [0.5, 0.6) is 0 Å². The van der Waals surface area contributed by atoms with Crippen molar-refractivity contribution in [2.45, 2.75) is 76.1 Å². The number of hydrogen-bond donors (Lipinski definition) is 0. The number of hydrogen-bond acceptors (Lipinski definition) is 6. The summed E-state index contributed by atoms with van der Waals surface area (Å²) in [5, 5.41) is 2.43. The lowest BCUT2D eigenvalue weighted by Gasteiger charge is -2.37. The summed E-state index contributed by atoms with van der Waals surface area (Å²) in [6.07, 6.45) is 6.58. The van der Waals surface area contributed by atoms with E-state index in [1.54, 1.807) is 17.2 Å². The van der Waals surface area contributed by atoms with Gasteiger partial charge in [-0.15, -0.1) is 0 Å². The third-order valence-corrected chi connectivity index (χ3v) is 8.30. The Hall–Kier alpha value is -1.71. The molecule has 3 fully saturated rings. The zero-order chi connectivity index (χ0) is 27.0. The summed E-state index contributed by atoms with van der Waals surface area (Å²) in [6.45, 7) is 3.69. The van der Waals surface area contributed by atoms with Gasteiger partial charge in [-0.2, -0.15) is 0 Å². The monoisotopic (exact) mass is 576 g/mol. The van der Waals surface area contributed by atoms with E-state index in [-0.39, 0.29) is 30.8 Å². The number of ether oxygens (including phenoxy) is 3. The average Bonchev–Trinajstić information content (AvgIpc) is 3.41. The van der Waals surface area contributed by atoms with Crippen molar-refractivity contribution in [3.63, 3.8) is 0 Å². The van der Waals surface area contributed by atoms with Gasteiger partial charge in [0.2, 0.25) is 0 Å². The van der Waals surface area contributed by atoms with Crippen LogP contribution in [0.3, 0.4) is 0 Å². The van der Waals surface area contributed by atoms with Crippen molar-refractivity contribution >= 4 is 29.1 Å². The maximum atomic E-state index is 13.9. The van der Waals surface area contributed by atoms with Crippen LogP contribution in [0.4, 0.5) is 0 Å². The largest absolute Gasteiger partial charge is 0.353 e. The molecule has 0 radical (unpaired) electrons. The van der Waals surface area contributed by atoms with E-state index in [9.17, 15) is 4.79 Å². The molecule has 2 unspecified atom stereocenters. The number of halogens is 2. The Kier molecular flexibility index (Phi) is 10.5. The van der Waals surface area contributed by atoms with Crippen LogP contribution in [-0.2, 0) is 30.3 Å². The standard InChI is InChI=1S/C30H38Cl2N2O5/c31-25-13-12-22(18-26(25)32)19-28(35)34(39-30-11-5-7-17-37-30)27(23-8-2-1-3-9-23)21-33-15-14-24(20-33)38-29-10-4-6-16-36-29/h1-3,8-9,12-13,18,24,27,29-30H,4-7,10-11,14-17,19-21H2/t24-,27+,29?,30?/m0/s1. The Morgan fingerprint density at radius 3 is 2.38 bits per heavy atom. The van der Waals surface area contributed by atoms with Crippen molar-refractivity contribution in [1.29, 1.82) is 0 Å². The normalized spacial score (nSPS) is 24.9. The molecular formula is C30H38Cl2N2O5. The van der Waals surface area contributed by atoms with E-state index in [2.05, 4.69) is 17.0 Å². The molecule has 3 aliphatic rings. The molecule has 0 saturated carbocycles. The van der Waals surface area contributed by atoms with Crippen LogP contribution in [0.25, 0.3) is 0 Å². The first-order valence-corrected chi connectivity index (χ1v) is 14.9. The lowest BCUT2D eigenvalue weighted by molar-refractivity contribution is -0.293. The van der Waals surface area contributed by atoms with Crippen molar-refractivity contribution in [1.82, 2.24) is 9.96 Å². The molecule has 3 aliphatic heterocycles. The van der Waals surface area contributed by atoms with Gasteiger partial charge in [-0.25, -0.2) is 9.90 Å². The van der Waals surface area contributed by atoms with E-state index < -0.39 is 6.29 Å². The van der Waals surface area contributed by atoms with Gasteiger partial charge in [-0.05, 0) is 61.8 Å². The molecule has 0 aliphatic carbocycles. The summed E-state index contributed by atoms with van der Waals surface area (Å²) in [4.78, 5) is 22.6. The molecule has 4 atom stereocenters. The van der Waals surface area contributed by atoms with Gasteiger partial charge in [0.15, 0.2) is 12.6 Å². The Labute approximate surface area is 241 Å². The molecule has 9 heteroatoms. The molecule has 0 N–H and O–H groups in total. The number of nitrogens with zero attached hydrogens (tertiary/aromatic N) is 2. The summed E-state index contributed by atoms with van der Waals surface area (Å²) in [5.41, 5.74) is 1.79. The first-order valence-electron chi connectivity index (χ1n) is 14.1. The molecule has 0 bridgehead atoms. The second-order valence-corrected chi connectivity index (χ2v) is 11.4. The van der Waals surface area contributed by atoms with E-state index in [1.165, 1.54) is 0 Å². The van der Waals surface area contributed by atoms with Crippen LogP contribution in [0.2, 0.25) is 10.0 Å². The quantitative estimate of drug-likeness (QED) is 0.315. The van der Waals surface area contributed by atoms with E-state index in [0.29, 0.717) is 23.2 Å². The minimum absolute atomic E-state index is 0.107.